The molecule has 0 saturated heterocycles. The van der Waals surface area contributed by atoms with Crippen LogP contribution in [-0.2, 0) is 0 Å². The first-order valence-electron chi connectivity index (χ1n) is 6.87. The molecule has 104 valence electrons. The molecule has 21 heavy (non-hydrogen) atoms. The summed E-state index contributed by atoms with van der Waals surface area (Å²) in [6.07, 6.45) is 0. The Balaban J connectivity index is 2.07. The molecule has 2 heteroatoms. The second kappa shape index (κ2) is 6.80. The molecule has 0 aromatic heterocycles. The molecular weight excluding hydrogens is 372 g/mol. The van der Waals surface area contributed by atoms with E-state index in [1.807, 2.05) is 0 Å². The van der Waals surface area contributed by atoms with E-state index >= 15 is 0 Å². The van der Waals surface area contributed by atoms with Gasteiger partial charge in [0.2, 0.25) is 0 Å². The molecule has 0 amide bonds. The average Bonchev–Trinajstić information content (AvgIpc) is 2.58. The van der Waals surface area contributed by atoms with Crippen LogP contribution in [0.2, 0.25) is 0 Å². The second-order valence-electron chi connectivity index (χ2n) is 4.61. The molecule has 0 fully saturated rings. The van der Waals surface area contributed by atoms with Gasteiger partial charge in [-0.15, -0.1) is 0 Å². The van der Waals surface area contributed by atoms with Gasteiger partial charge in [-0.1, -0.05) is 0 Å². The van der Waals surface area contributed by atoms with Crippen LogP contribution in [0.4, 0.5) is 0 Å². The molecule has 1 nitrogen and oxygen atoms in total. The summed E-state index contributed by atoms with van der Waals surface area (Å²) in [5.41, 5.74) is 0. The fraction of sp³-hybridized carbons (Fsp3) is 0.0526. The zero-order valence-electron chi connectivity index (χ0n) is 11.9. The zero-order chi connectivity index (χ0) is 14.5. The molecule has 0 atom stereocenters. The first-order chi connectivity index (χ1) is 10.4. The van der Waals surface area contributed by atoms with Crippen LogP contribution in [0.25, 0.3) is 0 Å². The Hall–Kier alpha value is -1.75. The summed E-state index contributed by atoms with van der Waals surface area (Å²) in [6, 6.07) is 30.3. The topological polar surface area (TPSA) is 9.23 Å². The number of hydrogen-bond donors (Lipinski definition) is 0. The van der Waals surface area contributed by atoms with E-state index in [0.717, 1.165) is 5.75 Å². The van der Waals surface area contributed by atoms with Crippen molar-refractivity contribution in [1.29, 1.82) is 0 Å². The van der Waals surface area contributed by atoms with Gasteiger partial charge >= 0.3 is 133 Å². The molecule has 0 bridgehead atoms. The molecule has 0 aliphatic rings. The van der Waals surface area contributed by atoms with Crippen LogP contribution >= 0.6 is 0 Å². The van der Waals surface area contributed by atoms with Crippen molar-refractivity contribution in [3.05, 3.63) is 84.9 Å². The van der Waals surface area contributed by atoms with Gasteiger partial charge in [0.25, 0.3) is 0 Å². The minimum atomic E-state index is -1.76. The average molecular weight is 389 g/mol. The maximum absolute atomic E-state index is 5.28. The van der Waals surface area contributed by atoms with Crippen molar-refractivity contribution >= 4 is 30.4 Å². The Labute approximate surface area is 132 Å². The van der Waals surface area contributed by atoms with Crippen LogP contribution in [0.1, 0.15) is 0 Å². The summed E-state index contributed by atoms with van der Waals surface area (Å²) in [7, 11) is 1.71. The Kier molecular flexibility index (Phi) is 4.60. The van der Waals surface area contributed by atoms with Crippen molar-refractivity contribution in [3.8, 4) is 5.75 Å². The normalized spacial score (nSPS) is 10.6. The monoisotopic (exact) mass is 391 g/mol. The molecule has 0 radical (unpaired) electrons. The Morgan fingerprint density at radius 3 is 1.43 bits per heavy atom. The van der Waals surface area contributed by atoms with Crippen molar-refractivity contribution in [1.82, 2.24) is 0 Å². The van der Waals surface area contributed by atoms with Gasteiger partial charge in [0, 0.05) is 0 Å². The minimum absolute atomic E-state index is 0.915. The summed E-state index contributed by atoms with van der Waals surface area (Å²) in [6.45, 7) is 0. The van der Waals surface area contributed by atoms with E-state index in [-0.39, 0.29) is 0 Å². The van der Waals surface area contributed by atoms with Gasteiger partial charge in [-0.2, -0.15) is 0 Å². The van der Waals surface area contributed by atoms with Gasteiger partial charge in [-0.05, 0) is 0 Å². The van der Waals surface area contributed by atoms with E-state index in [9.17, 15) is 0 Å². The Morgan fingerprint density at radius 1 is 0.571 bits per heavy atom. The van der Waals surface area contributed by atoms with Crippen LogP contribution < -0.4 is 15.6 Å². The van der Waals surface area contributed by atoms with Crippen LogP contribution in [0.5, 0.6) is 5.75 Å². The molecule has 3 rings (SSSR count). The molecular formula is C19H17OTe+. The molecule has 3 aromatic rings. The van der Waals surface area contributed by atoms with E-state index in [0.29, 0.717) is 0 Å². The summed E-state index contributed by atoms with van der Waals surface area (Å²) in [5.74, 6) is 0.915. The summed E-state index contributed by atoms with van der Waals surface area (Å²) in [5, 5.41) is 0. The van der Waals surface area contributed by atoms with Crippen LogP contribution in [0.15, 0.2) is 84.9 Å². The SMILES string of the molecule is COc1ccc([Te+](c2ccccc2)c2ccccc2)cc1. The van der Waals surface area contributed by atoms with E-state index in [1.54, 1.807) is 7.11 Å². The van der Waals surface area contributed by atoms with Gasteiger partial charge in [-0.25, -0.2) is 0 Å². The fourth-order valence-electron chi connectivity index (χ4n) is 2.23. The summed E-state index contributed by atoms with van der Waals surface area (Å²) < 4.78 is 9.66. The van der Waals surface area contributed by atoms with Gasteiger partial charge in [0.05, 0.1) is 0 Å². The predicted octanol–water partition coefficient (Wildman–Crippen LogP) is 2.21. The van der Waals surface area contributed by atoms with Crippen molar-refractivity contribution in [2.24, 2.45) is 0 Å². The van der Waals surface area contributed by atoms with Crippen molar-refractivity contribution in [3.63, 3.8) is 0 Å². The molecule has 0 N–H and O–H groups in total. The molecule has 0 unspecified atom stereocenters. The molecule has 3 aromatic carbocycles. The van der Waals surface area contributed by atoms with Crippen molar-refractivity contribution < 1.29 is 4.74 Å². The van der Waals surface area contributed by atoms with Gasteiger partial charge in [-0.3, -0.25) is 0 Å². The third kappa shape index (κ3) is 3.29. The number of hydrogen-bond acceptors (Lipinski definition) is 1. The fourth-order valence-corrected chi connectivity index (χ4v) is 8.18. The van der Waals surface area contributed by atoms with Crippen LogP contribution in [-0.4, -0.2) is 26.7 Å². The molecule has 0 aliphatic carbocycles. The molecule has 0 saturated carbocycles. The molecule has 0 heterocycles. The van der Waals surface area contributed by atoms with Gasteiger partial charge < -0.3 is 0 Å². The van der Waals surface area contributed by atoms with E-state index in [4.69, 9.17) is 4.74 Å². The van der Waals surface area contributed by atoms with E-state index in [1.165, 1.54) is 10.8 Å². The van der Waals surface area contributed by atoms with Gasteiger partial charge in [0.1, 0.15) is 0 Å². The predicted molar refractivity (Wildman–Crippen MR) is 90.5 cm³/mol. The zero-order valence-corrected chi connectivity index (χ0v) is 14.2. The van der Waals surface area contributed by atoms with Crippen molar-refractivity contribution in [2.75, 3.05) is 7.11 Å². The number of rotatable bonds is 4. The summed E-state index contributed by atoms with van der Waals surface area (Å²) in [4.78, 5) is 0. The van der Waals surface area contributed by atoms with Gasteiger partial charge in [0.15, 0.2) is 0 Å². The van der Waals surface area contributed by atoms with E-state index in [2.05, 4.69) is 84.9 Å². The summed E-state index contributed by atoms with van der Waals surface area (Å²) >= 11 is -1.76. The number of ether oxygens (including phenoxy) is 1. The van der Waals surface area contributed by atoms with Crippen LogP contribution in [0.3, 0.4) is 0 Å². The first-order valence-corrected chi connectivity index (χ1v) is 10.4. The number of benzene rings is 3. The van der Waals surface area contributed by atoms with Crippen molar-refractivity contribution in [2.45, 2.75) is 0 Å². The number of methoxy groups -OCH3 is 1. The Bertz CT molecular complexity index is 638. The molecule has 0 aliphatic heterocycles. The van der Waals surface area contributed by atoms with E-state index < -0.39 is 19.6 Å². The second-order valence-corrected chi connectivity index (χ2v) is 10.4. The van der Waals surface area contributed by atoms with Crippen LogP contribution in [0, 0.1) is 0 Å². The quantitative estimate of drug-likeness (QED) is 0.623. The Morgan fingerprint density at radius 2 is 1.00 bits per heavy atom. The molecule has 0 spiro atoms. The maximum atomic E-state index is 5.28. The third-order valence-corrected chi connectivity index (χ3v) is 9.62. The third-order valence-electron chi connectivity index (χ3n) is 3.25. The first kappa shape index (κ1) is 14.2. The standard InChI is InChI=1S/C19H17OTe/c1-20-16-12-14-19(15-13-16)21(17-8-4-2-5-9-17)18-10-6-3-7-11-18/h2-15H,1H3/q+1.